The number of nitrogens with zero attached hydrogens (tertiary/aromatic N) is 2. The molecule has 0 bridgehead atoms. The van der Waals surface area contributed by atoms with Gasteiger partial charge in [0.05, 0.1) is 0 Å². The zero-order chi connectivity index (χ0) is 30.6. The Bertz CT molecular complexity index is 1200. The Labute approximate surface area is 263 Å². The molecular formula is C35H54N2OPdSi2. The molecule has 0 atom stereocenters. The maximum atomic E-state index is 5.97. The zero-order valence-corrected chi connectivity index (χ0v) is 30.5. The van der Waals surface area contributed by atoms with Gasteiger partial charge in [0.2, 0.25) is 8.32 Å². The van der Waals surface area contributed by atoms with Crippen LogP contribution < -0.4 is 0 Å². The Morgan fingerprint density at radius 2 is 0.976 bits per heavy atom. The number of para-hydroxylation sites is 2. The van der Waals surface area contributed by atoms with Crippen LogP contribution in [0.5, 0.6) is 0 Å². The molecule has 0 aliphatic carbocycles. The van der Waals surface area contributed by atoms with Gasteiger partial charge in [0.1, 0.15) is 0 Å². The fourth-order valence-corrected chi connectivity index (χ4v) is 12.0. The number of hydrogen-bond acceptors (Lipinski definition) is 1. The van der Waals surface area contributed by atoms with Gasteiger partial charge in [-0.05, 0) is 26.2 Å². The quantitative estimate of drug-likeness (QED) is 0.155. The Balaban J connectivity index is 0.000000454. The molecule has 0 saturated carbocycles. The molecule has 1 heterocycles. The molecule has 3 nitrogen and oxygen atoms in total. The van der Waals surface area contributed by atoms with Crippen LogP contribution in [0.4, 0.5) is 0 Å². The average Bonchev–Trinajstić information content (AvgIpc) is 3.29. The molecular weight excluding hydrogens is 627 g/mol. The summed E-state index contributed by atoms with van der Waals surface area (Å²) in [5.74, 6) is 0. The molecule has 0 saturated heterocycles. The second-order valence-electron chi connectivity index (χ2n) is 11.9. The molecule has 2 aromatic carbocycles. The van der Waals surface area contributed by atoms with E-state index in [-0.39, 0.29) is 0 Å². The Morgan fingerprint density at radius 1 is 0.659 bits per heavy atom. The molecule has 228 valence electrons. The molecule has 0 aliphatic rings. The summed E-state index contributed by atoms with van der Waals surface area (Å²) >= 11 is 3.65. The van der Waals surface area contributed by atoms with Gasteiger partial charge in [-0.3, -0.25) is 0 Å². The predicted octanol–water partition coefficient (Wildman–Crippen LogP) is 10.0. The first-order valence-corrected chi connectivity index (χ1v) is 22.2. The normalized spacial score (nSPS) is 11.7. The third kappa shape index (κ3) is 9.87. The summed E-state index contributed by atoms with van der Waals surface area (Å²) in [5.41, 5.74) is 12.3. The van der Waals surface area contributed by atoms with E-state index in [1.165, 1.54) is 33.6 Å². The van der Waals surface area contributed by atoms with E-state index in [4.69, 9.17) is 4.12 Å². The van der Waals surface area contributed by atoms with Gasteiger partial charge in [-0.25, -0.2) is 0 Å². The molecule has 0 spiro atoms. The number of imidazole rings is 1. The van der Waals surface area contributed by atoms with E-state index >= 15 is 0 Å². The van der Waals surface area contributed by atoms with Crippen molar-refractivity contribution in [2.75, 3.05) is 0 Å². The molecule has 0 N–H and O–H groups in total. The minimum atomic E-state index is -1.74. The van der Waals surface area contributed by atoms with Crippen LogP contribution in [0.1, 0.15) is 75.6 Å². The predicted molar refractivity (Wildman–Crippen MR) is 181 cm³/mol. The maximum absolute atomic E-state index is 5.97. The SMILES string of the molecule is C=C[Si](C)(C=C)O[Si](C)(C)C.CCCc1cccc(CCC)c1-n1ccn(-c2c(CCC)cccc2CCC)[c]1=[Pd]. The van der Waals surface area contributed by atoms with Crippen molar-refractivity contribution in [1.29, 1.82) is 0 Å². The summed E-state index contributed by atoms with van der Waals surface area (Å²) < 4.78 is 11.8. The second kappa shape index (κ2) is 16.7. The summed E-state index contributed by atoms with van der Waals surface area (Å²) in [6.45, 7) is 25.3. The molecule has 41 heavy (non-hydrogen) atoms. The Morgan fingerprint density at radius 3 is 1.20 bits per heavy atom. The van der Waals surface area contributed by atoms with Gasteiger partial charge in [0.15, 0.2) is 8.32 Å². The molecule has 0 amide bonds. The van der Waals surface area contributed by atoms with Crippen LogP contribution in [0.3, 0.4) is 0 Å². The van der Waals surface area contributed by atoms with Crippen molar-refractivity contribution in [1.82, 2.24) is 9.13 Å². The summed E-state index contributed by atoms with van der Waals surface area (Å²) in [6, 6.07) is 13.6. The average molecular weight is 681 g/mol. The summed E-state index contributed by atoms with van der Waals surface area (Å²) in [5, 5.41) is 0. The van der Waals surface area contributed by atoms with Crippen molar-refractivity contribution in [3.63, 3.8) is 0 Å². The molecule has 1 aromatic heterocycles. The molecule has 0 aliphatic heterocycles. The van der Waals surface area contributed by atoms with Gasteiger partial charge in [0, 0.05) is 0 Å². The molecule has 0 fully saturated rings. The number of aromatic nitrogens is 2. The van der Waals surface area contributed by atoms with Crippen molar-refractivity contribution in [3.05, 3.63) is 99.5 Å². The van der Waals surface area contributed by atoms with E-state index < -0.39 is 16.6 Å². The van der Waals surface area contributed by atoms with E-state index in [2.05, 4.69) is 144 Å². The van der Waals surface area contributed by atoms with Gasteiger partial charge in [-0.1, -0.05) is 11.4 Å². The second-order valence-corrected chi connectivity index (χ2v) is 20.9. The van der Waals surface area contributed by atoms with Gasteiger partial charge in [0.25, 0.3) is 0 Å². The van der Waals surface area contributed by atoms with Crippen molar-refractivity contribution in [2.24, 2.45) is 0 Å². The van der Waals surface area contributed by atoms with Crippen LogP contribution in [0, 0.1) is 3.89 Å². The molecule has 3 aromatic rings. The third-order valence-electron chi connectivity index (χ3n) is 7.03. The number of hydrogen-bond donors (Lipinski definition) is 0. The summed E-state index contributed by atoms with van der Waals surface area (Å²) in [7, 11) is -3.16. The van der Waals surface area contributed by atoms with E-state index in [1.54, 1.807) is 0 Å². The van der Waals surface area contributed by atoms with E-state index in [0.29, 0.717) is 0 Å². The molecule has 0 radical (unpaired) electrons. The standard InChI is InChI=1S/C27H36N2.C8H18OSi2.Pd/c1-5-11-22-15-9-16-23(12-6-2)26(22)28-19-20-29(21-28)27-24(13-7-3)17-10-18-25(27)14-8-4;1-7-11(6,8-2)9-10(3,4)5;/h9-10,15-20H,5-8,11-14H2,1-4H3;7-8H,1-2H2,3-6H3;. The molecule has 6 heteroatoms. The first-order valence-electron chi connectivity index (χ1n) is 15.4. The van der Waals surface area contributed by atoms with Crippen molar-refractivity contribution in [3.8, 4) is 11.4 Å². The zero-order valence-electron chi connectivity index (χ0n) is 27.0. The van der Waals surface area contributed by atoms with Crippen molar-refractivity contribution >= 4 is 16.6 Å². The van der Waals surface area contributed by atoms with Gasteiger partial charge in [-0.15, -0.1) is 13.2 Å². The van der Waals surface area contributed by atoms with Gasteiger partial charge < -0.3 is 4.12 Å². The Hall–Kier alpha value is -1.81. The first-order chi connectivity index (χ1) is 19.5. The fraction of sp³-hybridized carbons (Fsp3) is 0.457. The molecule has 3 rings (SSSR count). The monoisotopic (exact) mass is 680 g/mol. The summed E-state index contributed by atoms with van der Waals surface area (Å²) in [4.78, 5) is 0. The van der Waals surface area contributed by atoms with Crippen LogP contribution in [0.25, 0.3) is 11.4 Å². The minimum absolute atomic E-state index is 1.11. The van der Waals surface area contributed by atoms with Crippen LogP contribution in [0.2, 0.25) is 26.2 Å². The Kier molecular flexibility index (Phi) is 14.4. The fourth-order valence-electron chi connectivity index (χ4n) is 5.30. The van der Waals surface area contributed by atoms with Gasteiger partial charge in [-0.2, -0.15) is 0 Å². The number of rotatable bonds is 14. The summed E-state index contributed by atoms with van der Waals surface area (Å²) in [6.07, 6.45) is 13.5. The van der Waals surface area contributed by atoms with E-state index in [9.17, 15) is 0 Å². The van der Waals surface area contributed by atoms with Crippen LogP contribution in [0.15, 0.2) is 73.3 Å². The van der Waals surface area contributed by atoms with Crippen LogP contribution in [-0.2, 0) is 48.5 Å². The van der Waals surface area contributed by atoms with Crippen molar-refractivity contribution < 1.29 is 22.9 Å². The number of aryl methyl sites for hydroxylation is 4. The topological polar surface area (TPSA) is 19.1 Å². The van der Waals surface area contributed by atoms with Crippen LogP contribution >= 0.6 is 0 Å². The van der Waals surface area contributed by atoms with Crippen molar-refractivity contribution in [2.45, 2.75) is 105 Å². The first kappa shape index (κ1) is 35.4. The third-order valence-corrected chi connectivity index (χ3v) is 13.6. The van der Waals surface area contributed by atoms with E-state index in [0.717, 1.165) is 55.3 Å². The van der Waals surface area contributed by atoms with Gasteiger partial charge >= 0.3 is 193 Å². The number of benzene rings is 2. The molecule has 0 unspecified atom stereocenters. The van der Waals surface area contributed by atoms with E-state index in [1.807, 2.05) is 11.4 Å². The van der Waals surface area contributed by atoms with Crippen LogP contribution in [-0.4, -0.2) is 25.8 Å².